The predicted octanol–water partition coefficient (Wildman–Crippen LogP) is 2.06. The molecule has 0 unspecified atom stereocenters. The number of hydrogen-bond donors (Lipinski definition) is 1. The Kier molecular flexibility index (Phi) is 3.31. The fourth-order valence-electron chi connectivity index (χ4n) is 1.20. The van der Waals surface area contributed by atoms with Gasteiger partial charge in [0, 0.05) is 12.3 Å². The topological polar surface area (TPSA) is 75.0 Å². The predicted molar refractivity (Wildman–Crippen MR) is 58.8 cm³/mol. The number of benzene rings is 1. The largest absolute Gasteiger partial charge is 0.450 e. The van der Waals surface area contributed by atoms with Crippen LogP contribution >= 0.6 is 11.8 Å². The zero-order valence-electron chi connectivity index (χ0n) is 8.30. The van der Waals surface area contributed by atoms with Crippen molar-refractivity contribution in [3.05, 3.63) is 24.3 Å². The summed E-state index contributed by atoms with van der Waals surface area (Å²) in [5.41, 5.74) is 1.54. The van der Waals surface area contributed by atoms with Crippen molar-refractivity contribution in [1.82, 2.24) is 10.3 Å². The van der Waals surface area contributed by atoms with E-state index in [1.165, 1.54) is 11.8 Å². The van der Waals surface area contributed by atoms with Gasteiger partial charge in [-0.2, -0.15) is 0 Å². The molecule has 0 atom stereocenters. The summed E-state index contributed by atoms with van der Waals surface area (Å²) in [7, 11) is 0. The molecule has 6 heteroatoms. The lowest BCUT2D eigenvalue weighted by Crippen LogP contribution is -2.22. The van der Waals surface area contributed by atoms with Crippen LogP contribution in [0.15, 0.2) is 33.9 Å². The number of amides is 1. The van der Waals surface area contributed by atoms with Gasteiger partial charge in [0.1, 0.15) is 5.52 Å². The number of thioether (sulfide) groups is 1. The standard InChI is InChI=1S/C10H9N2O3S/c13-9(14)11-5-6-16-10-12-7-3-1-2-4-8(7)15-10/h1-4,11H,5-6H2. The minimum Gasteiger partial charge on any atom is -0.431 e. The third kappa shape index (κ3) is 2.66. The van der Waals surface area contributed by atoms with Gasteiger partial charge in [-0.15, -0.1) is 0 Å². The first-order chi connectivity index (χ1) is 7.75. The lowest BCUT2D eigenvalue weighted by atomic mass is 10.3. The normalized spacial score (nSPS) is 10.5. The minimum absolute atomic E-state index is 0.311. The van der Waals surface area contributed by atoms with Gasteiger partial charge in [-0.05, 0) is 12.1 Å². The van der Waals surface area contributed by atoms with Gasteiger partial charge < -0.3 is 9.73 Å². The summed E-state index contributed by atoms with van der Waals surface area (Å²) in [5, 5.41) is 12.8. The van der Waals surface area contributed by atoms with Gasteiger partial charge in [-0.25, -0.2) is 14.9 Å². The van der Waals surface area contributed by atoms with Crippen molar-refractivity contribution in [2.45, 2.75) is 5.22 Å². The number of rotatable bonds is 4. The number of oxazole rings is 1. The average molecular weight is 237 g/mol. The van der Waals surface area contributed by atoms with Crippen LogP contribution < -0.4 is 5.32 Å². The lowest BCUT2D eigenvalue weighted by Gasteiger charge is -1.95. The molecule has 1 radical (unpaired) electrons. The first-order valence-electron chi connectivity index (χ1n) is 4.69. The summed E-state index contributed by atoms with van der Waals surface area (Å²) in [4.78, 5) is 14.3. The summed E-state index contributed by atoms with van der Waals surface area (Å²) < 4.78 is 5.44. The number of carbonyl (C=O) groups excluding carboxylic acids is 1. The van der Waals surface area contributed by atoms with Gasteiger partial charge in [-0.3, -0.25) is 0 Å². The van der Waals surface area contributed by atoms with Gasteiger partial charge in [0.15, 0.2) is 5.58 Å². The molecule has 83 valence electrons. The van der Waals surface area contributed by atoms with E-state index in [1.807, 2.05) is 24.3 Å². The van der Waals surface area contributed by atoms with Crippen LogP contribution in [-0.4, -0.2) is 23.4 Å². The first-order valence-corrected chi connectivity index (χ1v) is 5.67. The molecule has 0 aliphatic rings. The van der Waals surface area contributed by atoms with E-state index in [-0.39, 0.29) is 0 Å². The van der Waals surface area contributed by atoms with Crippen molar-refractivity contribution in [3.8, 4) is 0 Å². The molecular weight excluding hydrogens is 228 g/mol. The number of fused-ring (bicyclic) bond motifs is 1. The molecule has 2 rings (SSSR count). The fraction of sp³-hybridized carbons (Fsp3) is 0.200. The minimum atomic E-state index is -1.27. The molecule has 1 heterocycles. The molecule has 0 fully saturated rings. The van der Waals surface area contributed by atoms with Crippen LogP contribution in [0.25, 0.3) is 11.1 Å². The highest BCUT2D eigenvalue weighted by molar-refractivity contribution is 7.99. The number of nitrogens with one attached hydrogen (secondary N) is 1. The quantitative estimate of drug-likeness (QED) is 0.652. The molecular formula is C10H9N2O3S. The summed E-state index contributed by atoms with van der Waals surface area (Å²) in [6, 6.07) is 7.46. The summed E-state index contributed by atoms with van der Waals surface area (Å²) in [5.74, 6) is 0.556. The summed E-state index contributed by atoms with van der Waals surface area (Å²) in [6.45, 7) is 0.311. The summed E-state index contributed by atoms with van der Waals surface area (Å²) in [6.07, 6.45) is -1.27. The molecule has 0 aliphatic heterocycles. The average Bonchev–Trinajstić information content (AvgIpc) is 2.66. The molecule has 1 amide bonds. The third-order valence-electron chi connectivity index (χ3n) is 1.87. The van der Waals surface area contributed by atoms with E-state index in [1.54, 1.807) is 0 Å². The molecule has 0 spiro atoms. The maximum atomic E-state index is 10.1. The zero-order valence-corrected chi connectivity index (χ0v) is 9.12. The van der Waals surface area contributed by atoms with Gasteiger partial charge in [0.2, 0.25) is 0 Å². The maximum absolute atomic E-state index is 10.1. The second-order valence-corrected chi connectivity index (χ2v) is 4.06. The van der Waals surface area contributed by atoms with E-state index in [0.29, 0.717) is 17.5 Å². The fourth-order valence-corrected chi connectivity index (χ4v) is 1.89. The second-order valence-electron chi connectivity index (χ2n) is 3.01. The van der Waals surface area contributed by atoms with Crippen LogP contribution in [0.5, 0.6) is 0 Å². The van der Waals surface area contributed by atoms with Crippen LogP contribution in [0.3, 0.4) is 0 Å². The van der Waals surface area contributed by atoms with Crippen LogP contribution in [-0.2, 0) is 5.11 Å². The van der Waals surface area contributed by atoms with E-state index in [2.05, 4.69) is 10.3 Å². The van der Waals surface area contributed by atoms with Gasteiger partial charge in [-0.1, -0.05) is 23.9 Å². The van der Waals surface area contributed by atoms with Gasteiger partial charge in [0.25, 0.3) is 5.22 Å². The first kappa shape index (κ1) is 10.8. The van der Waals surface area contributed by atoms with Crippen LogP contribution in [0.4, 0.5) is 4.79 Å². The molecule has 0 saturated heterocycles. The van der Waals surface area contributed by atoms with E-state index in [0.717, 1.165) is 11.1 Å². The Morgan fingerprint density at radius 2 is 2.25 bits per heavy atom. The maximum Gasteiger partial charge on any atom is 0.450 e. The summed E-state index contributed by atoms with van der Waals surface area (Å²) >= 11 is 1.36. The van der Waals surface area contributed by atoms with E-state index >= 15 is 0 Å². The third-order valence-corrected chi connectivity index (χ3v) is 2.70. The molecule has 16 heavy (non-hydrogen) atoms. The van der Waals surface area contributed by atoms with Crippen LogP contribution in [0.1, 0.15) is 0 Å². The molecule has 0 saturated carbocycles. The number of aromatic nitrogens is 1. The van der Waals surface area contributed by atoms with Crippen LogP contribution in [0.2, 0.25) is 0 Å². The van der Waals surface area contributed by atoms with E-state index in [4.69, 9.17) is 4.42 Å². The Hall–Kier alpha value is -1.69. The number of hydrogen-bond acceptors (Lipinski definition) is 4. The Morgan fingerprint density at radius 1 is 1.44 bits per heavy atom. The smallest absolute Gasteiger partial charge is 0.431 e. The molecule has 0 aliphatic carbocycles. The highest BCUT2D eigenvalue weighted by Gasteiger charge is 2.05. The Balaban J connectivity index is 1.92. The van der Waals surface area contributed by atoms with Gasteiger partial charge >= 0.3 is 6.09 Å². The van der Waals surface area contributed by atoms with E-state index < -0.39 is 6.09 Å². The highest BCUT2D eigenvalue weighted by atomic mass is 32.2. The highest BCUT2D eigenvalue weighted by Crippen LogP contribution is 2.22. The monoisotopic (exact) mass is 237 g/mol. The van der Waals surface area contributed by atoms with Crippen molar-refractivity contribution in [3.63, 3.8) is 0 Å². The molecule has 0 bridgehead atoms. The SMILES string of the molecule is [O]C(=O)NCCSc1nc2ccccc2o1. The number of carbonyl (C=O) groups is 1. The van der Waals surface area contributed by atoms with Crippen molar-refractivity contribution < 1.29 is 14.3 Å². The van der Waals surface area contributed by atoms with Gasteiger partial charge in [0.05, 0.1) is 0 Å². The van der Waals surface area contributed by atoms with Crippen molar-refractivity contribution in [2.24, 2.45) is 0 Å². The van der Waals surface area contributed by atoms with Crippen molar-refractivity contribution >= 4 is 29.0 Å². The molecule has 2 aromatic rings. The molecule has 5 nitrogen and oxygen atoms in total. The molecule has 1 aromatic carbocycles. The van der Waals surface area contributed by atoms with Crippen molar-refractivity contribution in [2.75, 3.05) is 12.3 Å². The van der Waals surface area contributed by atoms with Crippen LogP contribution in [0, 0.1) is 0 Å². The Bertz CT molecular complexity index is 465. The lowest BCUT2D eigenvalue weighted by molar-refractivity contribution is 0.169. The van der Waals surface area contributed by atoms with Crippen molar-refractivity contribution in [1.29, 1.82) is 0 Å². The number of para-hydroxylation sites is 2. The Morgan fingerprint density at radius 3 is 3.00 bits per heavy atom. The second kappa shape index (κ2) is 4.89. The number of nitrogens with zero attached hydrogens (tertiary/aromatic N) is 1. The molecule has 1 N–H and O–H groups in total. The molecule has 1 aromatic heterocycles. The van der Waals surface area contributed by atoms with E-state index in [9.17, 15) is 9.90 Å². The zero-order chi connectivity index (χ0) is 11.4. The Labute approximate surface area is 95.9 Å².